The highest BCUT2D eigenvalue weighted by atomic mass is 19.4. The van der Waals surface area contributed by atoms with Crippen molar-refractivity contribution in [1.29, 1.82) is 0 Å². The number of nitrogens with zero attached hydrogens (tertiary/aromatic N) is 2. The standard InChI is InChI=1S/C31H34F5N5O3/c1-18-11-21-20(4-5-25-22(21)14-39-40-25)29(41(18)16-31(34,35)36)28-23(32)12-19(13-24(28)33)44-17-30(6-7-30)38-8-2-3-26(42)27-15-37-9-10-43-27/h2-5,12-14,18,27,29,37-38H,6-11,15-17H2,1H3,(H,39,40)/b3-2+/t18-,27?,29+/m1/s1. The molecule has 13 heteroatoms. The molecule has 0 amide bonds. The van der Waals surface area contributed by atoms with Gasteiger partial charge in [-0.15, -0.1) is 0 Å². The molecular weight excluding hydrogens is 585 g/mol. The molecule has 3 aromatic rings. The molecule has 1 saturated carbocycles. The van der Waals surface area contributed by atoms with Crippen molar-refractivity contribution in [2.75, 3.05) is 39.4 Å². The van der Waals surface area contributed by atoms with Crippen LogP contribution in [0.3, 0.4) is 0 Å². The Morgan fingerprint density at radius 3 is 2.70 bits per heavy atom. The molecule has 1 unspecified atom stereocenters. The Kier molecular flexibility index (Phi) is 8.48. The second kappa shape index (κ2) is 12.2. The van der Waals surface area contributed by atoms with Crippen molar-refractivity contribution in [3.05, 3.63) is 70.9 Å². The van der Waals surface area contributed by atoms with Crippen LogP contribution in [0.4, 0.5) is 22.0 Å². The van der Waals surface area contributed by atoms with E-state index in [9.17, 15) is 18.0 Å². The Labute approximate surface area is 251 Å². The third-order valence-corrected chi connectivity index (χ3v) is 8.64. The average Bonchev–Trinajstić information content (AvgIpc) is 3.58. The van der Waals surface area contributed by atoms with Crippen LogP contribution in [0.1, 0.15) is 42.5 Å². The summed E-state index contributed by atoms with van der Waals surface area (Å²) in [6.07, 6.45) is 1.53. The molecule has 44 heavy (non-hydrogen) atoms. The predicted octanol–water partition coefficient (Wildman–Crippen LogP) is 4.35. The summed E-state index contributed by atoms with van der Waals surface area (Å²) in [7, 11) is 0. The van der Waals surface area contributed by atoms with Crippen LogP contribution in [0.5, 0.6) is 5.75 Å². The summed E-state index contributed by atoms with van der Waals surface area (Å²) in [5.41, 5.74) is 0.963. The fourth-order valence-corrected chi connectivity index (χ4v) is 6.15. The summed E-state index contributed by atoms with van der Waals surface area (Å²) < 4.78 is 83.9. The maximum atomic E-state index is 15.8. The zero-order valence-electron chi connectivity index (χ0n) is 24.1. The van der Waals surface area contributed by atoms with E-state index in [0.29, 0.717) is 48.3 Å². The van der Waals surface area contributed by atoms with Gasteiger partial charge in [-0.2, -0.15) is 18.3 Å². The molecular formula is C31H34F5N5O3. The molecule has 1 aromatic heterocycles. The van der Waals surface area contributed by atoms with Crippen LogP contribution < -0.4 is 15.4 Å². The Morgan fingerprint density at radius 2 is 2.02 bits per heavy atom. The molecule has 0 bridgehead atoms. The maximum absolute atomic E-state index is 15.8. The van der Waals surface area contributed by atoms with Gasteiger partial charge in [0.05, 0.1) is 36.4 Å². The predicted molar refractivity (Wildman–Crippen MR) is 152 cm³/mol. The second-order valence-corrected chi connectivity index (χ2v) is 11.8. The minimum Gasteiger partial charge on any atom is -0.491 e. The first-order valence-electron chi connectivity index (χ1n) is 14.7. The molecule has 3 atom stereocenters. The summed E-state index contributed by atoms with van der Waals surface area (Å²) in [5, 5.41) is 14.0. The zero-order chi connectivity index (χ0) is 31.1. The largest absolute Gasteiger partial charge is 0.491 e. The summed E-state index contributed by atoms with van der Waals surface area (Å²) in [4.78, 5) is 13.3. The number of hydrogen-bond donors (Lipinski definition) is 3. The van der Waals surface area contributed by atoms with E-state index >= 15 is 8.78 Å². The number of halogens is 5. The third kappa shape index (κ3) is 6.51. The molecule has 2 fully saturated rings. The average molecular weight is 620 g/mol. The Hall–Kier alpha value is -3.39. The van der Waals surface area contributed by atoms with Crippen molar-refractivity contribution in [3.63, 3.8) is 0 Å². The lowest BCUT2D eigenvalue weighted by molar-refractivity contribution is -0.155. The van der Waals surface area contributed by atoms with Crippen molar-refractivity contribution in [1.82, 2.24) is 25.7 Å². The molecule has 2 aliphatic heterocycles. The van der Waals surface area contributed by atoms with Gasteiger partial charge < -0.3 is 20.1 Å². The normalized spacial score (nSPS) is 23.6. The minimum absolute atomic E-state index is 0.0544. The van der Waals surface area contributed by atoms with Crippen LogP contribution in [0.25, 0.3) is 10.9 Å². The lowest BCUT2D eigenvalue weighted by Crippen LogP contribution is -2.47. The molecule has 3 N–H and O–H groups in total. The number of aromatic nitrogens is 2. The number of carbonyl (C=O) groups is 1. The minimum atomic E-state index is -4.57. The van der Waals surface area contributed by atoms with Crippen LogP contribution in [-0.2, 0) is 16.0 Å². The number of ether oxygens (including phenoxy) is 2. The van der Waals surface area contributed by atoms with E-state index in [1.807, 2.05) is 0 Å². The zero-order valence-corrected chi connectivity index (χ0v) is 24.1. The number of fused-ring (bicyclic) bond motifs is 3. The number of morpholine rings is 1. The number of nitrogens with one attached hydrogen (secondary N) is 3. The highest BCUT2D eigenvalue weighted by Gasteiger charge is 2.44. The van der Waals surface area contributed by atoms with Crippen molar-refractivity contribution in [3.8, 4) is 5.75 Å². The SMILES string of the molecule is C[C@@H]1Cc2c(ccc3[nH]ncc23)[C@@H](c2c(F)cc(OCC3(NC/C=C/C(=O)C4CNCCO4)CC3)cc2F)N1CC(F)(F)F. The number of hydrogen-bond acceptors (Lipinski definition) is 7. The van der Waals surface area contributed by atoms with Crippen LogP contribution >= 0.6 is 0 Å². The van der Waals surface area contributed by atoms with Gasteiger partial charge in [-0.25, -0.2) is 8.78 Å². The molecule has 0 radical (unpaired) electrons. The van der Waals surface area contributed by atoms with Crippen molar-refractivity contribution >= 4 is 16.7 Å². The van der Waals surface area contributed by atoms with E-state index < -0.39 is 53.6 Å². The van der Waals surface area contributed by atoms with E-state index in [0.717, 1.165) is 29.9 Å². The first-order chi connectivity index (χ1) is 21.0. The van der Waals surface area contributed by atoms with Gasteiger partial charge in [0, 0.05) is 48.8 Å². The second-order valence-electron chi connectivity index (χ2n) is 11.8. The highest BCUT2D eigenvalue weighted by Crippen LogP contribution is 2.44. The fourth-order valence-electron chi connectivity index (χ4n) is 6.15. The van der Waals surface area contributed by atoms with Crippen molar-refractivity contribution < 1.29 is 36.2 Å². The molecule has 6 rings (SSSR count). The number of H-pyrrole nitrogens is 1. The monoisotopic (exact) mass is 619 g/mol. The van der Waals surface area contributed by atoms with Gasteiger partial charge >= 0.3 is 6.18 Å². The summed E-state index contributed by atoms with van der Waals surface area (Å²) >= 11 is 0. The summed E-state index contributed by atoms with van der Waals surface area (Å²) in [5.74, 6) is -2.14. The highest BCUT2D eigenvalue weighted by molar-refractivity contribution is 5.93. The van der Waals surface area contributed by atoms with Gasteiger partial charge in [0.25, 0.3) is 0 Å². The van der Waals surface area contributed by atoms with Gasteiger partial charge in [0.2, 0.25) is 0 Å². The molecule has 3 aliphatic rings. The molecule has 8 nitrogen and oxygen atoms in total. The quantitative estimate of drug-likeness (QED) is 0.230. The lowest BCUT2D eigenvalue weighted by Gasteiger charge is -2.42. The number of ketones is 1. The molecule has 0 spiro atoms. The van der Waals surface area contributed by atoms with Gasteiger partial charge in [-0.05, 0) is 49.5 Å². The Bertz CT molecular complexity index is 1520. The van der Waals surface area contributed by atoms with Gasteiger partial charge in [0.15, 0.2) is 5.78 Å². The molecule has 1 aliphatic carbocycles. The number of alkyl halides is 3. The first-order valence-corrected chi connectivity index (χ1v) is 14.7. The third-order valence-electron chi connectivity index (χ3n) is 8.64. The number of carbonyl (C=O) groups excluding carboxylic acids is 1. The summed E-state index contributed by atoms with van der Waals surface area (Å²) in [6.45, 7) is 2.51. The van der Waals surface area contributed by atoms with Gasteiger partial charge in [-0.3, -0.25) is 14.8 Å². The van der Waals surface area contributed by atoms with E-state index in [4.69, 9.17) is 9.47 Å². The molecule has 1 saturated heterocycles. The van der Waals surface area contributed by atoms with Gasteiger partial charge in [0.1, 0.15) is 30.1 Å². The van der Waals surface area contributed by atoms with Crippen molar-refractivity contribution in [2.24, 2.45) is 0 Å². The van der Waals surface area contributed by atoms with E-state index in [1.165, 1.54) is 6.08 Å². The fraction of sp³-hybridized carbons (Fsp3) is 0.484. The van der Waals surface area contributed by atoms with Crippen molar-refractivity contribution in [2.45, 2.75) is 56.1 Å². The van der Waals surface area contributed by atoms with E-state index in [1.54, 1.807) is 31.3 Å². The number of benzene rings is 2. The van der Waals surface area contributed by atoms with Crippen LogP contribution in [-0.4, -0.2) is 84.1 Å². The summed E-state index contributed by atoms with van der Waals surface area (Å²) in [6, 6.07) is 3.39. The van der Waals surface area contributed by atoms with E-state index in [2.05, 4.69) is 20.8 Å². The van der Waals surface area contributed by atoms with Crippen LogP contribution in [0.15, 0.2) is 42.6 Å². The first kappa shape index (κ1) is 30.6. The number of rotatable bonds is 10. The molecule has 236 valence electrons. The lowest BCUT2D eigenvalue weighted by atomic mass is 9.83. The molecule has 2 aromatic carbocycles. The Balaban J connectivity index is 1.18. The van der Waals surface area contributed by atoms with Gasteiger partial charge in [-0.1, -0.05) is 12.1 Å². The van der Waals surface area contributed by atoms with Crippen LogP contribution in [0.2, 0.25) is 0 Å². The topological polar surface area (TPSA) is 91.5 Å². The number of aromatic amines is 1. The molecule has 3 heterocycles. The Morgan fingerprint density at radius 1 is 1.25 bits per heavy atom. The van der Waals surface area contributed by atoms with E-state index in [-0.39, 0.29) is 24.6 Å². The van der Waals surface area contributed by atoms with Crippen LogP contribution in [0, 0.1) is 11.6 Å². The smallest absolute Gasteiger partial charge is 0.401 e. The maximum Gasteiger partial charge on any atom is 0.401 e.